The van der Waals surface area contributed by atoms with E-state index in [1.807, 2.05) is 12.5 Å². The highest BCUT2D eigenvalue weighted by molar-refractivity contribution is 5.29. The van der Waals surface area contributed by atoms with Gasteiger partial charge in [0.1, 0.15) is 12.4 Å². The zero-order chi connectivity index (χ0) is 13.9. The summed E-state index contributed by atoms with van der Waals surface area (Å²) in [5, 5.41) is 0. The van der Waals surface area contributed by atoms with Crippen molar-refractivity contribution in [1.82, 2.24) is 9.55 Å². The van der Waals surface area contributed by atoms with Crippen LogP contribution < -0.4 is 4.74 Å². The molecule has 1 fully saturated rings. The molecule has 0 radical (unpaired) electrons. The average Bonchev–Trinajstić information content (AvgIpc) is 3.23. The molecule has 1 atom stereocenters. The summed E-state index contributed by atoms with van der Waals surface area (Å²) in [5.74, 6) is 1.54. The number of aromatic nitrogens is 2. The van der Waals surface area contributed by atoms with E-state index in [4.69, 9.17) is 4.74 Å². The molecule has 0 bridgehead atoms. The number of ether oxygens (including phenoxy) is 1. The van der Waals surface area contributed by atoms with Crippen LogP contribution in [0, 0.1) is 0 Å². The molecule has 1 unspecified atom stereocenters. The maximum absolute atomic E-state index is 5.88. The van der Waals surface area contributed by atoms with Gasteiger partial charge in [0.25, 0.3) is 0 Å². The maximum Gasteiger partial charge on any atom is 0.130 e. The third-order valence-corrected chi connectivity index (χ3v) is 4.13. The molecule has 3 rings (SSSR count). The molecule has 1 saturated carbocycles. The summed E-state index contributed by atoms with van der Waals surface area (Å²) in [4.78, 5) is 4.23. The Morgan fingerprint density at radius 3 is 2.70 bits per heavy atom. The van der Waals surface area contributed by atoms with E-state index in [9.17, 15) is 0 Å². The molecule has 1 aliphatic carbocycles. The summed E-state index contributed by atoms with van der Waals surface area (Å²) >= 11 is 0. The van der Waals surface area contributed by atoms with E-state index in [1.165, 1.54) is 30.5 Å². The molecule has 0 N–H and O–H groups in total. The van der Waals surface area contributed by atoms with Gasteiger partial charge in [-0.3, -0.25) is 0 Å². The van der Waals surface area contributed by atoms with Gasteiger partial charge in [0.05, 0.1) is 18.2 Å². The van der Waals surface area contributed by atoms with E-state index < -0.39 is 0 Å². The van der Waals surface area contributed by atoms with E-state index in [2.05, 4.69) is 47.7 Å². The lowest BCUT2D eigenvalue weighted by molar-refractivity contribution is 0.294. The van der Waals surface area contributed by atoms with Crippen LogP contribution in [0.1, 0.15) is 56.3 Å². The maximum atomic E-state index is 5.88. The van der Waals surface area contributed by atoms with E-state index in [0.717, 1.165) is 5.75 Å². The first-order chi connectivity index (χ1) is 9.78. The summed E-state index contributed by atoms with van der Waals surface area (Å²) < 4.78 is 8.12. The lowest BCUT2D eigenvalue weighted by Gasteiger charge is -2.11. The largest absolute Gasteiger partial charge is 0.487 e. The van der Waals surface area contributed by atoms with Crippen molar-refractivity contribution in [3.63, 3.8) is 0 Å². The van der Waals surface area contributed by atoms with Crippen molar-refractivity contribution >= 4 is 0 Å². The Hall–Kier alpha value is -1.77. The summed E-state index contributed by atoms with van der Waals surface area (Å²) in [6, 6.07) is 9.13. The van der Waals surface area contributed by atoms with Gasteiger partial charge < -0.3 is 9.30 Å². The minimum atomic E-state index is 0.596. The first kappa shape index (κ1) is 13.2. The van der Waals surface area contributed by atoms with Gasteiger partial charge in [-0.2, -0.15) is 0 Å². The molecule has 2 aromatic rings. The Labute approximate surface area is 120 Å². The summed E-state index contributed by atoms with van der Waals surface area (Å²) in [5.41, 5.74) is 2.54. The Morgan fingerprint density at radius 1 is 1.30 bits per heavy atom. The second kappa shape index (κ2) is 5.70. The van der Waals surface area contributed by atoms with Crippen LogP contribution in [0.5, 0.6) is 5.75 Å². The highest BCUT2D eigenvalue weighted by Crippen LogP contribution is 2.35. The Kier molecular flexibility index (Phi) is 3.77. The van der Waals surface area contributed by atoms with Crippen LogP contribution in [-0.2, 0) is 6.61 Å². The third-order valence-electron chi connectivity index (χ3n) is 4.13. The molecule has 1 aromatic heterocycles. The Bertz CT molecular complexity index is 555. The lowest BCUT2D eigenvalue weighted by Crippen LogP contribution is -2.03. The standard InChI is InChI=1S/C17H22N2O/c1-3-13(2)14-4-8-17(9-5-14)20-11-16-10-18-12-19(16)15-6-7-15/h4-5,8-10,12-13,15H,3,6-7,11H2,1-2H3. The van der Waals surface area contributed by atoms with E-state index in [0.29, 0.717) is 18.6 Å². The van der Waals surface area contributed by atoms with E-state index in [1.54, 1.807) is 0 Å². The van der Waals surface area contributed by atoms with Crippen molar-refractivity contribution < 1.29 is 4.74 Å². The van der Waals surface area contributed by atoms with Gasteiger partial charge in [0.15, 0.2) is 0 Å². The molecule has 0 spiro atoms. The molecule has 0 aliphatic heterocycles. The average molecular weight is 270 g/mol. The fourth-order valence-corrected chi connectivity index (χ4v) is 2.41. The van der Waals surface area contributed by atoms with Crippen molar-refractivity contribution in [2.24, 2.45) is 0 Å². The van der Waals surface area contributed by atoms with Gasteiger partial charge in [-0.1, -0.05) is 26.0 Å². The molecule has 3 heteroatoms. The number of nitrogens with zero attached hydrogens (tertiary/aromatic N) is 2. The molecule has 1 aliphatic rings. The molecule has 0 amide bonds. The smallest absolute Gasteiger partial charge is 0.130 e. The first-order valence-electron chi connectivity index (χ1n) is 7.51. The summed E-state index contributed by atoms with van der Waals surface area (Å²) in [6.07, 6.45) is 7.54. The minimum Gasteiger partial charge on any atom is -0.487 e. The molecular weight excluding hydrogens is 248 g/mol. The monoisotopic (exact) mass is 270 g/mol. The zero-order valence-electron chi connectivity index (χ0n) is 12.2. The minimum absolute atomic E-state index is 0.596. The number of rotatable bonds is 6. The Balaban J connectivity index is 1.61. The highest BCUT2D eigenvalue weighted by Gasteiger charge is 2.25. The fraction of sp³-hybridized carbons (Fsp3) is 0.471. The molecule has 0 saturated heterocycles. The topological polar surface area (TPSA) is 27.1 Å². The van der Waals surface area contributed by atoms with Gasteiger partial charge in [0.2, 0.25) is 0 Å². The van der Waals surface area contributed by atoms with Crippen LogP contribution in [-0.4, -0.2) is 9.55 Å². The molecule has 1 aromatic carbocycles. The first-order valence-corrected chi connectivity index (χ1v) is 7.51. The van der Waals surface area contributed by atoms with Gasteiger partial charge in [-0.25, -0.2) is 4.98 Å². The molecule has 106 valence electrons. The lowest BCUT2D eigenvalue weighted by atomic mass is 9.99. The van der Waals surface area contributed by atoms with Crippen LogP contribution in [0.4, 0.5) is 0 Å². The highest BCUT2D eigenvalue weighted by atomic mass is 16.5. The fourth-order valence-electron chi connectivity index (χ4n) is 2.41. The predicted molar refractivity (Wildman–Crippen MR) is 80.0 cm³/mol. The molecule has 1 heterocycles. The van der Waals surface area contributed by atoms with Crippen molar-refractivity contribution in [1.29, 1.82) is 0 Å². The van der Waals surface area contributed by atoms with Crippen molar-refractivity contribution in [2.45, 2.75) is 51.7 Å². The normalized spacial score (nSPS) is 16.1. The van der Waals surface area contributed by atoms with Crippen LogP contribution >= 0.6 is 0 Å². The van der Waals surface area contributed by atoms with Crippen molar-refractivity contribution in [3.05, 3.63) is 48.0 Å². The van der Waals surface area contributed by atoms with Crippen LogP contribution in [0.25, 0.3) is 0 Å². The van der Waals surface area contributed by atoms with Crippen LogP contribution in [0.2, 0.25) is 0 Å². The number of imidazole rings is 1. The Morgan fingerprint density at radius 2 is 2.05 bits per heavy atom. The second-order valence-corrected chi connectivity index (χ2v) is 5.69. The van der Waals surface area contributed by atoms with Crippen LogP contribution in [0.15, 0.2) is 36.8 Å². The quantitative estimate of drug-likeness (QED) is 0.782. The summed E-state index contributed by atoms with van der Waals surface area (Å²) in [6.45, 7) is 5.07. The van der Waals surface area contributed by atoms with Gasteiger partial charge in [-0.05, 0) is 42.9 Å². The predicted octanol–water partition coefficient (Wildman–Crippen LogP) is 4.31. The van der Waals surface area contributed by atoms with Gasteiger partial charge in [0, 0.05) is 6.04 Å². The van der Waals surface area contributed by atoms with E-state index in [-0.39, 0.29) is 0 Å². The number of hydrogen-bond donors (Lipinski definition) is 0. The zero-order valence-corrected chi connectivity index (χ0v) is 12.2. The number of benzene rings is 1. The molecule has 20 heavy (non-hydrogen) atoms. The molecule has 3 nitrogen and oxygen atoms in total. The van der Waals surface area contributed by atoms with Crippen molar-refractivity contribution in [2.75, 3.05) is 0 Å². The van der Waals surface area contributed by atoms with Crippen molar-refractivity contribution in [3.8, 4) is 5.75 Å². The van der Waals surface area contributed by atoms with Crippen LogP contribution in [0.3, 0.4) is 0 Å². The SMILES string of the molecule is CCC(C)c1ccc(OCc2cncn2C2CC2)cc1. The van der Waals surface area contributed by atoms with E-state index >= 15 is 0 Å². The third kappa shape index (κ3) is 2.87. The number of hydrogen-bond acceptors (Lipinski definition) is 2. The second-order valence-electron chi connectivity index (χ2n) is 5.69. The van der Waals surface area contributed by atoms with Gasteiger partial charge in [-0.15, -0.1) is 0 Å². The molecular formula is C17H22N2O. The summed E-state index contributed by atoms with van der Waals surface area (Å²) in [7, 11) is 0. The van der Waals surface area contributed by atoms with Gasteiger partial charge >= 0.3 is 0 Å².